The fourth-order valence-corrected chi connectivity index (χ4v) is 2.32. The Morgan fingerprint density at radius 1 is 1.53 bits per heavy atom. The second-order valence-corrected chi connectivity index (χ2v) is 4.49. The van der Waals surface area contributed by atoms with Gasteiger partial charge in [-0.1, -0.05) is 6.42 Å². The van der Waals surface area contributed by atoms with Crippen LogP contribution in [0.25, 0.3) is 0 Å². The van der Waals surface area contributed by atoms with Gasteiger partial charge in [-0.3, -0.25) is 0 Å². The van der Waals surface area contributed by atoms with Gasteiger partial charge in [0.25, 0.3) is 0 Å². The number of anilines is 1. The second-order valence-electron chi connectivity index (χ2n) is 4.49. The van der Waals surface area contributed by atoms with Crippen molar-refractivity contribution in [1.29, 1.82) is 0 Å². The third-order valence-electron chi connectivity index (χ3n) is 3.27. The van der Waals surface area contributed by atoms with Crippen LogP contribution in [0.3, 0.4) is 0 Å². The highest BCUT2D eigenvalue weighted by atomic mass is 19.1. The summed E-state index contributed by atoms with van der Waals surface area (Å²) in [7, 11) is 0. The summed E-state index contributed by atoms with van der Waals surface area (Å²) in [5, 5.41) is 3.48. The van der Waals surface area contributed by atoms with Crippen LogP contribution in [0.1, 0.15) is 26.2 Å². The van der Waals surface area contributed by atoms with Gasteiger partial charge in [0, 0.05) is 25.3 Å². The third-order valence-corrected chi connectivity index (χ3v) is 3.27. The zero-order valence-corrected chi connectivity index (χ0v) is 10.3. The SMILES string of the molecule is CCN(CC1CCCCN1)c1ncccc1F. The molecule has 1 aliphatic rings. The van der Waals surface area contributed by atoms with Crippen LogP contribution in [0.5, 0.6) is 0 Å². The Morgan fingerprint density at radius 3 is 3.06 bits per heavy atom. The molecule has 0 spiro atoms. The van der Waals surface area contributed by atoms with Crippen LogP contribution < -0.4 is 10.2 Å². The summed E-state index contributed by atoms with van der Waals surface area (Å²) in [6.45, 7) is 4.74. The number of piperidine rings is 1. The Bertz CT molecular complexity index is 350. The number of pyridine rings is 1. The molecule has 17 heavy (non-hydrogen) atoms. The molecular formula is C13H20FN3. The Labute approximate surface area is 102 Å². The molecule has 1 saturated heterocycles. The van der Waals surface area contributed by atoms with Crippen molar-refractivity contribution in [3.05, 3.63) is 24.1 Å². The number of rotatable bonds is 4. The van der Waals surface area contributed by atoms with Crippen LogP contribution in [0.15, 0.2) is 18.3 Å². The minimum atomic E-state index is -0.231. The zero-order valence-electron chi connectivity index (χ0n) is 10.3. The molecule has 1 aliphatic heterocycles. The molecule has 0 aromatic carbocycles. The molecule has 3 nitrogen and oxygen atoms in total. The van der Waals surface area contributed by atoms with E-state index in [2.05, 4.69) is 10.3 Å². The summed E-state index contributed by atoms with van der Waals surface area (Å²) in [6, 6.07) is 3.57. The highest BCUT2D eigenvalue weighted by molar-refractivity contribution is 5.39. The van der Waals surface area contributed by atoms with Gasteiger partial charge in [-0.15, -0.1) is 0 Å². The first kappa shape index (κ1) is 12.3. The normalized spacial score (nSPS) is 20.2. The van der Waals surface area contributed by atoms with Crippen molar-refractivity contribution >= 4 is 5.82 Å². The Kier molecular flexibility index (Phi) is 4.31. The molecule has 0 aliphatic carbocycles. The quantitative estimate of drug-likeness (QED) is 0.870. The highest BCUT2D eigenvalue weighted by Crippen LogP contribution is 2.17. The van der Waals surface area contributed by atoms with Gasteiger partial charge in [-0.25, -0.2) is 9.37 Å². The summed E-state index contributed by atoms with van der Waals surface area (Å²) in [4.78, 5) is 6.15. The van der Waals surface area contributed by atoms with E-state index in [4.69, 9.17) is 0 Å². The van der Waals surface area contributed by atoms with Gasteiger partial charge in [0.1, 0.15) is 0 Å². The van der Waals surface area contributed by atoms with Gasteiger partial charge < -0.3 is 10.2 Å². The molecule has 1 unspecified atom stereocenters. The molecule has 0 radical (unpaired) electrons. The lowest BCUT2D eigenvalue weighted by Crippen LogP contribution is -2.44. The smallest absolute Gasteiger partial charge is 0.165 e. The first-order valence-electron chi connectivity index (χ1n) is 6.40. The second kappa shape index (κ2) is 5.96. The van der Waals surface area contributed by atoms with Gasteiger partial charge in [-0.2, -0.15) is 0 Å². The monoisotopic (exact) mass is 237 g/mol. The highest BCUT2D eigenvalue weighted by Gasteiger charge is 2.18. The van der Waals surface area contributed by atoms with E-state index in [1.54, 1.807) is 12.3 Å². The molecule has 1 N–H and O–H groups in total. The number of nitrogens with zero attached hydrogens (tertiary/aromatic N) is 2. The first-order chi connectivity index (χ1) is 8.31. The number of hydrogen-bond acceptors (Lipinski definition) is 3. The van der Waals surface area contributed by atoms with Crippen LogP contribution in [-0.2, 0) is 0 Å². The van der Waals surface area contributed by atoms with Crippen LogP contribution in [-0.4, -0.2) is 30.7 Å². The standard InChI is InChI=1S/C13H20FN3/c1-2-17(10-11-6-3-4-8-15-11)13-12(14)7-5-9-16-13/h5,7,9,11,15H,2-4,6,8,10H2,1H3. The molecule has 2 rings (SSSR count). The molecule has 4 heteroatoms. The van der Waals surface area contributed by atoms with E-state index in [1.807, 2.05) is 11.8 Å². The summed E-state index contributed by atoms with van der Waals surface area (Å²) in [6.07, 6.45) is 5.33. The largest absolute Gasteiger partial charge is 0.353 e. The van der Waals surface area contributed by atoms with Gasteiger partial charge >= 0.3 is 0 Å². The van der Waals surface area contributed by atoms with Crippen molar-refractivity contribution in [2.75, 3.05) is 24.5 Å². The average Bonchev–Trinajstić information content (AvgIpc) is 2.38. The van der Waals surface area contributed by atoms with Crippen LogP contribution in [0.4, 0.5) is 10.2 Å². The molecule has 0 amide bonds. The van der Waals surface area contributed by atoms with E-state index in [-0.39, 0.29) is 5.82 Å². The van der Waals surface area contributed by atoms with E-state index in [0.29, 0.717) is 11.9 Å². The summed E-state index contributed by atoms with van der Waals surface area (Å²) in [5.41, 5.74) is 0. The molecule has 1 aromatic heterocycles. The maximum atomic E-state index is 13.7. The molecule has 94 valence electrons. The number of likely N-dealkylation sites (N-methyl/N-ethyl adjacent to an activating group) is 1. The maximum Gasteiger partial charge on any atom is 0.165 e. The van der Waals surface area contributed by atoms with Crippen molar-refractivity contribution in [3.8, 4) is 0 Å². The van der Waals surface area contributed by atoms with E-state index < -0.39 is 0 Å². The molecule has 1 atom stereocenters. The Balaban J connectivity index is 2.03. The molecule has 0 saturated carbocycles. The van der Waals surface area contributed by atoms with Crippen LogP contribution >= 0.6 is 0 Å². The number of nitrogens with one attached hydrogen (secondary N) is 1. The van der Waals surface area contributed by atoms with Crippen LogP contribution in [0, 0.1) is 5.82 Å². The van der Waals surface area contributed by atoms with E-state index in [1.165, 1.54) is 25.3 Å². The van der Waals surface area contributed by atoms with Crippen LogP contribution in [0.2, 0.25) is 0 Å². The zero-order chi connectivity index (χ0) is 12.1. The van der Waals surface area contributed by atoms with Gasteiger partial charge in [0.15, 0.2) is 11.6 Å². The molecule has 1 fully saturated rings. The Hall–Kier alpha value is -1.16. The summed E-state index contributed by atoms with van der Waals surface area (Å²) < 4.78 is 13.7. The lowest BCUT2D eigenvalue weighted by Gasteiger charge is -2.30. The van der Waals surface area contributed by atoms with Gasteiger partial charge in [0.05, 0.1) is 0 Å². The third kappa shape index (κ3) is 3.16. The van der Waals surface area contributed by atoms with E-state index in [0.717, 1.165) is 19.6 Å². The number of aromatic nitrogens is 1. The molecular weight excluding hydrogens is 217 g/mol. The lowest BCUT2D eigenvalue weighted by molar-refractivity contribution is 0.398. The summed E-state index contributed by atoms with van der Waals surface area (Å²) in [5.74, 6) is 0.243. The first-order valence-corrected chi connectivity index (χ1v) is 6.40. The molecule has 2 heterocycles. The van der Waals surface area contributed by atoms with Crippen molar-refractivity contribution < 1.29 is 4.39 Å². The number of hydrogen-bond donors (Lipinski definition) is 1. The van der Waals surface area contributed by atoms with Gasteiger partial charge in [0.2, 0.25) is 0 Å². The average molecular weight is 237 g/mol. The minimum absolute atomic E-state index is 0.231. The predicted molar refractivity (Wildman–Crippen MR) is 67.7 cm³/mol. The Morgan fingerprint density at radius 2 is 2.41 bits per heavy atom. The van der Waals surface area contributed by atoms with E-state index in [9.17, 15) is 4.39 Å². The predicted octanol–water partition coefficient (Wildman–Crippen LogP) is 2.19. The maximum absolute atomic E-state index is 13.7. The van der Waals surface area contributed by atoms with E-state index >= 15 is 0 Å². The topological polar surface area (TPSA) is 28.2 Å². The van der Waals surface area contributed by atoms with Crippen molar-refractivity contribution in [2.24, 2.45) is 0 Å². The summed E-state index contributed by atoms with van der Waals surface area (Å²) >= 11 is 0. The van der Waals surface area contributed by atoms with Crippen molar-refractivity contribution in [3.63, 3.8) is 0 Å². The van der Waals surface area contributed by atoms with Gasteiger partial charge in [-0.05, 0) is 38.4 Å². The lowest BCUT2D eigenvalue weighted by atomic mass is 10.0. The molecule has 0 bridgehead atoms. The minimum Gasteiger partial charge on any atom is -0.353 e. The fraction of sp³-hybridized carbons (Fsp3) is 0.615. The molecule has 1 aromatic rings. The fourth-order valence-electron chi connectivity index (χ4n) is 2.32. The number of halogens is 1. The van der Waals surface area contributed by atoms with Crippen molar-refractivity contribution in [1.82, 2.24) is 10.3 Å². The van der Waals surface area contributed by atoms with Crippen molar-refractivity contribution in [2.45, 2.75) is 32.2 Å².